The number of rotatable bonds is 60. The highest BCUT2D eigenvalue weighted by molar-refractivity contribution is 7.80. The van der Waals surface area contributed by atoms with E-state index in [2.05, 4.69) is 47.7 Å². The Morgan fingerprint density at radius 1 is 0.506 bits per heavy atom. The van der Waals surface area contributed by atoms with Gasteiger partial charge in [-0.15, -0.1) is 0 Å². The number of allylic oxidation sites excluding steroid dienone is 4. The van der Waals surface area contributed by atoms with E-state index < -0.39 is 59.9 Å². The van der Waals surface area contributed by atoms with Crippen LogP contribution in [0.4, 0.5) is 0 Å². The van der Waals surface area contributed by atoms with Crippen LogP contribution in [0.15, 0.2) is 24.3 Å². The van der Waals surface area contributed by atoms with Gasteiger partial charge in [-0.05, 0) is 44.9 Å². The maximum absolute atomic E-state index is 13.2. The van der Waals surface area contributed by atoms with Crippen molar-refractivity contribution in [1.29, 1.82) is 0 Å². The highest BCUT2D eigenvalue weighted by atomic mass is 32.3. The summed E-state index contributed by atoms with van der Waals surface area (Å²) in [5, 5.41) is 45.1. The van der Waals surface area contributed by atoms with E-state index in [0.717, 1.165) is 57.8 Å². The van der Waals surface area contributed by atoms with Gasteiger partial charge in [0.1, 0.15) is 24.4 Å². The fraction of sp³-hybridized carbons (Fsp3) is 0.924. The highest BCUT2D eigenvalue weighted by Crippen LogP contribution is 2.26. The molecule has 0 saturated carbocycles. The van der Waals surface area contributed by atoms with E-state index in [1.165, 1.54) is 250 Å². The molecule has 7 atom stereocenters. The Hall–Kier alpha value is -1.42. The van der Waals surface area contributed by atoms with Crippen LogP contribution in [-0.2, 0) is 28.9 Å². The Labute approximate surface area is 486 Å². The number of unbranched alkanes of at least 4 members (excludes halogenated alkanes) is 44. The number of ether oxygens (including phenoxy) is 2. The molecule has 468 valence electrons. The molecule has 12 nitrogen and oxygen atoms in total. The Morgan fingerprint density at radius 2 is 0.848 bits per heavy atom. The van der Waals surface area contributed by atoms with E-state index in [1.54, 1.807) is 0 Å². The van der Waals surface area contributed by atoms with Gasteiger partial charge in [0, 0.05) is 6.42 Å². The zero-order valence-electron chi connectivity index (χ0n) is 51.2. The average molecular weight is 1140 g/mol. The molecule has 1 fully saturated rings. The minimum atomic E-state index is -5.08. The topological polar surface area (TPSA) is 192 Å². The molecule has 1 aliphatic rings. The summed E-state index contributed by atoms with van der Waals surface area (Å²) in [5.74, 6) is -0.225. The van der Waals surface area contributed by atoms with Crippen LogP contribution in [0.25, 0.3) is 0 Å². The smallest absolute Gasteiger partial charge is 0.394 e. The summed E-state index contributed by atoms with van der Waals surface area (Å²) in [6, 6.07) is -0.856. The van der Waals surface area contributed by atoms with E-state index >= 15 is 0 Å². The Kier molecular flexibility index (Phi) is 53.3. The van der Waals surface area contributed by atoms with Gasteiger partial charge in [0.15, 0.2) is 6.29 Å². The van der Waals surface area contributed by atoms with Gasteiger partial charge in [-0.2, -0.15) is 8.42 Å². The molecule has 0 aromatic heterocycles. The van der Waals surface area contributed by atoms with Crippen LogP contribution in [0.5, 0.6) is 0 Å². The molecule has 0 aromatic carbocycles. The van der Waals surface area contributed by atoms with Crippen molar-refractivity contribution in [3.8, 4) is 0 Å². The first kappa shape index (κ1) is 75.6. The van der Waals surface area contributed by atoms with E-state index in [9.17, 15) is 38.2 Å². The number of carbonyl (C=O) groups is 1. The van der Waals surface area contributed by atoms with Crippen LogP contribution < -0.4 is 5.32 Å². The van der Waals surface area contributed by atoms with E-state index in [0.29, 0.717) is 12.8 Å². The molecular weight excluding hydrogens is 1010 g/mol. The van der Waals surface area contributed by atoms with E-state index in [4.69, 9.17) is 9.47 Å². The summed E-state index contributed by atoms with van der Waals surface area (Å²) in [6.07, 6.45) is 62.4. The fourth-order valence-electron chi connectivity index (χ4n) is 11.1. The second-order valence-electron chi connectivity index (χ2n) is 23.8. The molecule has 1 rings (SSSR count). The fourth-order valence-corrected chi connectivity index (χ4v) is 11.6. The largest absolute Gasteiger partial charge is 0.397 e. The molecule has 7 unspecified atom stereocenters. The first-order chi connectivity index (χ1) is 38.5. The van der Waals surface area contributed by atoms with Crippen LogP contribution in [0.3, 0.4) is 0 Å². The number of hydrogen-bond donors (Lipinski definition) is 6. The summed E-state index contributed by atoms with van der Waals surface area (Å²) in [6.45, 7) is 3.49. The lowest BCUT2D eigenvalue weighted by Crippen LogP contribution is -2.61. The number of aliphatic hydroxyl groups excluding tert-OH is 4. The number of nitrogens with one attached hydrogen (secondary N) is 1. The number of amides is 1. The maximum Gasteiger partial charge on any atom is 0.397 e. The van der Waals surface area contributed by atoms with Crippen LogP contribution in [0.2, 0.25) is 0 Å². The molecule has 13 heteroatoms. The minimum absolute atomic E-state index is 0.225. The minimum Gasteiger partial charge on any atom is -0.394 e. The normalized spacial score (nSPS) is 18.8. The molecule has 79 heavy (non-hydrogen) atoms. The van der Waals surface area contributed by atoms with Crippen molar-refractivity contribution in [2.75, 3.05) is 13.2 Å². The van der Waals surface area contributed by atoms with Gasteiger partial charge in [-0.1, -0.05) is 308 Å². The van der Waals surface area contributed by atoms with Gasteiger partial charge < -0.3 is 35.2 Å². The molecule has 0 spiro atoms. The van der Waals surface area contributed by atoms with Crippen LogP contribution in [0.1, 0.15) is 335 Å². The van der Waals surface area contributed by atoms with Crippen molar-refractivity contribution in [3.05, 3.63) is 24.3 Å². The van der Waals surface area contributed by atoms with Crippen molar-refractivity contribution in [2.24, 2.45) is 0 Å². The summed E-state index contributed by atoms with van der Waals surface area (Å²) < 4.78 is 47.9. The third-order valence-electron chi connectivity index (χ3n) is 16.3. The summed E-state index contributed by atoms with van der Waals surface area (Å²) in [7, 11) is -5.08. The van der Waals surface area contributed by atoms with Gasteiger partial charge in [-0.25, -0.2) is 4.18 Å². The molecular formula is C66H127NO11S. The van der Waals surface area contributed by atoms with Crippen LogP contribution in [0, 0.1) is 0 Å². The first-order valence-electron chi connectivity index (χ1n) is 33.7. The summed E-state index contributed by atoms with van der Waals surface area (Å²) >= 11 is 0. The third kappa shape index (κ3) is 47.6. The van der Waals surface area contributed by atoms with Crippen molar-refractivity contribution >= 4 is 16.3 Å². The Bertz CT molecular complexity index is 1480. The van der Waals surface area contributed by atoms with Crippen molar-refractivity contribution in [1.82, 2.24) is 5.32 Å². The third-order valence-corrected chi connectivity index (χ3v) is 16.7. The molecule has 0 aliphatic carbocycles. The zero-order chi connectivity index (χ0) is 57.5. The predicted octanol–water partition coefficient (Wildman–Crippen LogP) is 17.1. The predicted molar refractivity (Wildman–Crippen MR) is 329 cm³/mol. The van der Waals surface area contributed by atoms with Gasteiger partial charge in [0.05, 0.1) is 25.4 Å². The van der Waals surface area contributed by atoms with Crippen molar-refractivity contribution in [3.63, 3.8) is 0 Å². The van der Waals surface area contributed by atoms with Gasteiger partial charge in [0.25, 0.3) is 0 Å². The quantitative estimate of drug-likeness (QED) is 0.0193. The molecule has 1 amide bonds. The monoisotopic (exact) mass is 1140 g/mol. The lowest BCUT2D eigenvalue weighted by molar-refractivity contribution is -0.298. The van der Waals surface area contributed by atoms with Crippen molar-refractivity contribution in [2.45, 2.75) is 378 Å². The Morgan fingerprint density at radius 3 is 1.20 bits per heavy atom. The zero-order valence-corrected chi connectivity index (χ0v) is 52.0. The second-order valence-corrected chi connectivity index (χ2v) is 24.8. The second kappa shape index (κ2) is 55.8. The molecule has 0 radical (unpaired) electrons. The summed E-state index contributed by atoms with van der Waals surface area (Å²) in [5.41, 5.74) is 0. The molecule has 1 aliphatic heterocycles. The Balaban J connectivity index is 2.12. The highest BCUT2D eigenvalue weighted by Gasteiger charge is 2.48. The van der Waals surface area contributed by atoms with Gasteiger partial charge in [-0.3, -0.25) is 9.35 Å². The maximum atomic E-state index is 13.2. The van der Waals surface area contributed by atoms with Crippen molar-refractivity contribution < 1.29 is 51.8 Å². The first-order valence-corrected chi connectivity index (χ1v) is 35.1. The number of hydrogen-bond acceptors (Lipinski definition) is 10. The lowest BCUT2D eigenvalue weighted by Gasteiger charge is -2.41. The van der Waals surface area contributed by atoms with Crippen LogP contribution >= 0.6 is 0 Å². The van der Waals surface area contributed by atoms with E-state index in [1.807, 2.05) is 0 Å². The number of aliphatic hydroxyl groups is 4. The molecule has 6 N–H and O–H groups in total. The number of carbonyl (C=O) groups excluding carboxylic acids is 1. The standard InChI is InChI=1S/C66H127NO11S/c1-3-5-7-9-11-13-15-17-18-19-20-21-22-23-24-25-26-27-28-29-30-31-32-33-34-35-36-37-38-39-40-41-42-44-46-48-50-52-54-56-62(70)67-59(60(69)55-53-51-49-47-45-43-16-14-12-10-8-6-4-2)58-76-66-64(72)65(78-79(73,74)75)63(71)61(57-68)77-66/h26-27,29-30,59-61,63-66,68-69,71-72H,3-25,28,31-58H2,1-2H3,(H,67,70)(H,73,74,75)/b27-26-,30-29-. The summed E-state index contributed by atoms with van der Waals surface area (Å²) in [4.78, 5) is 13.2. The molecule has 1 saturated heterocycles. The SMILES string of the molecule is CCCCCCCCCCCCCCCCC/C=C\C/C=C\CCCCCCCCCCCCCCCCCCCC(=O)NC(COC1OC(CO)C(O)C(OS(=O)(=O)O)C1O)C(O)CCCCCCCCCCCCCCC. The average Bonchev–Trinajstić information content (AvgIpc) is 3.43. The van der Waals surface area contributed by atoms with Gasteiger partial charge >= 0.3 is 10.4 Å². The lowest BCUT2D eigenvalue weighted by atomic mass is 9.99. The van der Waals surface area contributed by atoms with Crippen LogP contribution in [-0.4, -0.2) is 95.4 Å². The molecule has 1 heterocycles. The molecule has 0 bridgehead atoms. The molecule has 0 aromatic rings. The van der Waals surface area contributed by atoms with Gasteiger partial charge in [0.2, 0.25) is 5.91 Å². The van der Waals surface area contributed by atoms with E-state index in [-0.39, 0.29) is 12.5 Å².